The van der Waals surface area contributed by atoms with Gasteiger partial charge in [0.2, 0.25) is 0 Å². The Labute approximate surface area is 163 Å². The van der Waals surface area contributed by atoms with Gasteiger partial charge in [-0.1, -0.05) is 34.1 Å². The Morgan fingerprint density at radius 1 is 1.07 bits per heavy atom. The van der Waals surface area contributed by atoms with Crippen LogP contribution in [-0.4, -0.2) is 46.9 Å². The lowest BCUT2D eigenvalue weighted by molar-refractivity contribution is -0.384. The van der Waals surface area contributed by atoms with Crippen molar-refractivity contribution in [2.75, 3.05) is 31.1 Å². The fourth-order valence-corrected chi connectivity index (χ4v) is 3.77. The number of hydrogen-bond acceptors (Lipinski definition) is 4. The van der Waals surface area contributed by atoms with Crippen molar-refractivity contribution < 1.29 is 9.72 Å². The number of nitrogens with one attached hydrogen (secondary N) is 1. The zero-order valence-corrected chi connectivity index (χ0v) is 16.0. The van der Waals surface area contributed by atoms with E-state index in [2.05, 4.69) is 20.9 Å². The highest BCUT2D eigenvalue weighted by atomic mass is 79.9. The van der Waals surface area contributed by atoms with Crippen molar-refractivity contribution in [3.63, 3.8) is 0 Å². The number of carbonyl (C=O) groups is 1. The number of amides is 1. The van der Waals surface area contributed by atoms with E-state index in [0.29, 0.717) is 42.0 Å². The first kappa shape index (κ1) is 17.5. The van der Waals surface area contributed by atoms with Crippen LogP contribution < -0.4 is 4.90 Å². The quantitative estimate of drug-likeness (QED) is 0.507. The highest BCUT2D eigenvalue weighted by Gasteiger charge is 2.27. The predicted molar refractivity (Wildman–Crippen MR) is 107 cm³/mol. The van der Waals surface area contributed by atoms with Gasteiger partial charge in [0.1, 0.15) is 11.4 Å². The molecule has 138 valence electrons. The van der Waals surface area contributed by atoms with Gasteiger partial charge in [0.05, 0.1) is 4.92 Å². The van der Waals surface area contributed by atoms with Gasteiger partial charge in [0.25, 0.3) is 11.6 Å². The minimum absolute atomic E-state index is 0.0452. The van der Waals surface area contributed by atoms with E-state index >= 15 is 0 Å². The maximum atomic E-state index is 12.8. The molecule has 3 aromatic rings. The molecular weight excluding hydrogens is 412 g/mol. The number of nitro groups is 1. The summed E-state index contributed by atoms with van der Waals surface area (Å²) in [5.74, 6) is -0.0452. The van der Waals surface area contributed by atoms with Crippen molar-refractivity contribution in [3.05, 3.63) is 68.8 Å². The van der Waals surface area contributed by atoms with Crippen LogP contribution in [-0.2, 0) is 0 Å². The number of nitro benzene ring substituents is 1. The highest BCUT2D eigenvalue weighted by molar-refractivity contribution is 9.10. The van der Waals surface area contributed by atoms with Gasteiger partial charge in [-0.15, -0.1) is 0 Å². The first-order chi connectivity index (χ1) is 13.0. The number of rotatable bonds is 3. The topological polar surface area (TPSA) is 82.5 Å². The van der Waals surface area contributed by atoms with E-state index in [1.165, 1.54) is 6.07 Å². The minimum Gasteiger partial charge on any atom is -0.362 e. The number of para-hydroxylation sites is 1. The minimum atomic E-state index is -0.373. The number of H-pyrrole nitrogens is 1. The first-order valence-electron chi connectivity index (χ1n) is 8.59. The number of nitrogens with zero attached hydrogens (tertiary/aromatic N) is 3. The standard InChI is InChI=1S/C19H17BrN4O3/c20-14-5-6-17(18(12-14)24(26)27)22-7-9-23(10-8-22)19(25)16-11-13-3-1-2-4-15(13)21-16/h1-6,11-12,21H,7-10H2. The lowest BCUT2D eigenvalue weighted by Gasteiger charge is -2.35. The summed E-state index contributed by atoms with van der Waals surface area (Å²) in [6.45, 7) is 2.13. The summed E-state index contributed by atoms with van der Waals surface area (Å²) in [7, 11) is 0. The van der Waals surface area contributed by atoms with Crippen molar-refractivity contribution in [2.45, 2.75) is 0 Å². The number of carbonyl (C=O) groups excluding carboxylic acids is 1. The highest BCUT2D eigenvalue weighted by Crippen LogP contribution is 2.32. The van der Waals surface area contributed by atoms with Crippen LogP contribution in [0.1, 0.15) is 10.5 Å². The lowest BCUT2D eigenvalue weighted by Crippen LogP contribution is -2.49. The van der Waals surface area contributed by atoms with Crippen molar-refractivity contribution in [3.8, 4) is 0 Å². The zero-order chi connectivity index (χ0) is 19.0. The van der Waals surface area contributed by atoms with Crippen LogP contribution in [0.15, 0.2) is 53.0 Å². The molecular formula is C19H17BrN4O3. The van der Waals surface area contributed by atoms with E-state index in [1.54, 1.807) is 17.0 Å². The molecule has 0 atom stereocenters. The summed E-state index contributed by atoms with van der Waals surface area (Å²) < 4.78 is 0.672. The summed E-state index contributed by atoms with van der Waals surface area (Å²) in [6.07, 6.45) is 0. The normalized spacial score (nSPS) is 14.6. The second-order valence-corrected chi connectivity index (χ2v) is 7.36. The summed E-state index contributed by atoms with van der Waals surface area (Å²) in [6, 6.07) is 14.7. The molecule has 0 aliphatic carbocycles. The number of hydrogen-bond donors (Lipinski definition) is 1. The average Bonchev–Trinajstić information content (AvgIpc) is 3.11. The molecule has 0 saturated carbocycles. The molecule has 2 heterocycles. The maximum absolute atomic E-state index is 12.8. The fourth-order valence-electron chi connectivity index (χ4n) is 3.42. The first-order valence-corrected chi connectivity index (χ1v) is 9.38. The van der Waals surface area contributed by atoms with Gasteiger partial charge in [0.15, 0.2) is 0 Å². The molecule has 27 heavy (non-hydrogen) atoms. The molecule has 8 heteroatoms. The Balaban J connectivity index is 1.49. The van der Waals surface area contributed by atoms with E-state index in [4.69, 9.17) is 0 Å². The third kappa shape index (κ3) is 3.40. The summed E-state index contributed by atoms with van der Waals surface area (Å²) in [5, 5.41) is 12.4. The predicted octanol–water partition coefficient (Wildman–Crippen LogP) is 3.80. The van der Waals surface area contributed by atoms with Crippen LogP contribution in [0.2, 0.25) is 0 Å². The van der Waals surface area contributed by atoms with Gasteiger partial charge in [-0.05, 0) is 24.3 Å². The monoisotopic (exact) mass is 428 g/mol. The van der Waals surface area contributed by atoms with Gasteiger partial charge in [-0.3, -0.25) is 14.9 Å². The SMILES string of the molecule is O=C(c1cc2ccccc2[nH]1)N1CCN(c2ccc(Br)cc2[N+](=O)[O-])CC1. The van der Waals surface area contributed by atoms with Gasteiger partial charge in [-0.25, -0.2) is 0 Å². The van der Waals surface area contributed by atoms with E-state index in [-0.39, 0.29) is 16.5 Å². The van der Waals surface area contributed by atoms with Crippen LogP contribution in [0.3, 0.4) is 0 Å². The molecule has 0 radical (unpaired) electrons. The molecule has 1 N–H and O–H groups in total. The Hall–Kier alpha value is -2.87. The molecule has 4 rings (SSSR count). The molecule has 1 aromatic heterocycles. The van der Waals surface area contributed by atoms with Crippen LogP contribution in [0, 0.1) is 10.1 Å². The van der Waals surface area contributed by atoms with E-state index < -0.39 is 0 Å². The molecule has 1 fully saturated rings. The van der Waals surface area contributed by atoms with Crippen LogP contribution in [0.4, 0.5) is 11.4 Å². The molecule has 1 aliphatic heterocycles. The van der Waals surface area contributed by atoms with Crippen molar-refractivity contribution in [1.82, 2.24) is 9.88 Å². The maximum Gasteiger partial charge on any atom is 0.293 e. The average molecular weight is 429 g/mol. The Morgan fingerprint density at radius 3 is 2.52 bits per heavy atom. The Kier molecular flexibility index (Phi) is 4.57. The van der Waals surface area contributed by atoms with Crippen LogP contribution in [0.25, 0.3) is 10.9 Å². The molecule has 1 amide bonds. The molecule has 1 saturated heterocycles. The van der Waals surface area contributed by atoms with E-state index in [9.17, 15) is 14.9 Å². The van der Waals surface area contributed by atoms with E-state index in [0.717, 1.165) is 10.9 Å². The summed E-state index contributed by atoms with van der Waals surface area (Å²) in [4.78, 5) is 30.7. The molecule has 1 aliphatic rings. The second kappa shape index (κ2) is 7.03. The van der Waals surface area contributed by atoms with Gasteiger partial charge in [-0.2, -0.15) is 0 Å². The van der Waals surface area contributed by atoms with Gasteiger partial charge in [0, 0.05) is 47.6 Å². The molecule has 0 unspecified atom stereocenters. The van der Waals surface area contributed by atoms with Crippen molar-refractivity contribution >= 4 is 44.1 Å². The van der Waals surface area contributed by atoms with Crippen LogP contribution in [0.5, 0.6) is 0 Å². The van der Waals surface area contributed by atoms with Gasteiger partial charge >= 0.3 is 0 Å². The van der Waals surface area contributed by atoms with Crippen molar-refractivity contribution in [2.24, 2.45) is 0 Å². The Morgan fingerprint density at radius 2 is 1.81 bits per heavy atom. The number of halogens is 1. The fraction of sp³-hybridized carbons (Fsp3) is 0.211. The van der Waals surface area contributed by atoms with Crippen LogP contribution >= 0.6 is 15.9 Å². The lowest BCUT2D eigenvalue weighted by atomic mass is 10.2. The zero-order valence-electron chi connectivity index (χ0n) is 14.4. The number of fused-ring (bicyclic) bond motifs is 1. The number of benzene rings is 2. The molecule has 2 aromatic carbocycles. The second-order valence-electron chi connectivity index (χ2n) is 6.44. The third-order valence-electron chi connectivity index (χ3n) is 4.80. The Bertz CT molecular complexity index is 992. The number of aromatic nitrogens is 1. The largest absolute Gasteiger partial charge is 0.362 e. The molecule has 7 nitrogen and oxygen atoms in total. The molecule has 0 bridgehead atoms. The van der Waals surface area contributed by atoms with E-state index in [1.807, 2.05) is 35.2 Å². The van der Waals surface area contributed by atoms with Crippen molar-refractivity contribution in [1.29, 1.82) is 0 Å². The summed E-state index contributed by atoms with van der Waals surface area (Å²) in [5.41, 5.74) is 2.16. The third-order valence-corrected chi connectivity index (χ3v) is 5.30. The number of aromatic amines is 1. The smallest absolute Gasteiger partial charge is 0.293 e. The summed E-state index contributed by atoms with van der Waals surface area (Å²) >= 11 is 3.28. The number of piperazine rings is 1. The molecule has 0 spiro atoms. The number of anilines is 1. The van der Waals surface area contributed by atoms with Gasteiger partial charge < -0.3 is 14.8 Å².